The molecule has 90 valence electrons. The molecule has 0 aliphatic carbocycles. The normalized spacial score (nSPS) is 10.9. The maximum Gasteiger partial charge on any atom is 0.167 e. The molecule has 17 heavy (non-hydrogen) atoms. The van der Waals surface area contributed by atoms with Gasteiger partial charge in [0.2, 0.25) is 0 Å². The van der Waals surface area contributed by atoms with Crippen LogP contribution in [0.4, 0.5) is 13.2 Å². The van der Waals surface area contributed by atoms with E-state index in [2.05, 4.69) is 4.98 Å². The van der Waals surface area contributed by atoms with Crippen LogP contribution in [0, 0.1) is 24.4 Å². The molecular weight excluding hydrogens is 247 g/mol. The smallest absolute Gasteiger partial charge is 0.167 e. The lowest BCUT2D eigenvalue weighted by molar-refractivity contribution is 0.498. The predicted molar refractivity (Wildman–Crippen MR) is 61.5 cm³/mol. The number of nitrogens with zero attached hydrogens (tertiary/aromatic N) is 1. The van der Waals surface area contributed by atoms with Crippen molar-refractivity contribution in [2.24, 2.45) is 0 Å². The molecule has 0 amide bonds. The molecule has 0 saturated heterocycles. The highest BCUT2D eigenvalue weighted by atomic mass is 32.1. The molecule has 0 spiro atoms. The maximum absolute atomic E-state index is 13.6. The van der Waals surface area contributed by atoms with Crippen LogP contribution in [0.25, 0.3) is 10.4 Å². The monoisotopic (exact) mass is 257 g/mol. The Balaban J connectivity index is 2.63. The van der Waals surface area contributed by atoms with Crippen molar-refractivity contribution in [2.45, 2.75) is 20.3 Å². The summed E-state index contributed by atoms with van der Waals surface area (Å²) in [6.45, 7) is 3.62. The molecule has 2 rings (SSSR count). The van der Waals surface area contributed by atoms with E-state index in [1.54, 1.807) is 6.92 Å². The summed E-state index contributed by atoms with van der Waals surface area (Å²) < 4.78 is 39.8. The first kappa shape index (κ1) is 12.1. The van der Waals surface area contributed by atoms with Gasteiger partial charge in [0.15, 0.2) is 11.6 Å². The van der Waals surface area contributed by atoms with Crippen molar-refractivity contribution in [1.29, 1.82) is 0 Å². The topological polar surface area (TPSA) is 12.9 Å². The minimum absolute atomic E-state index is 0.0581. The number of thiazole rings is 1. The van der Waals surface area contributed by atoms with Gasteiger partial charge in [-0.3, -0.25) is 0 Å². The summed E-state index contributed by atoms with van der Waals surface area (Å²) in [6.07, 6.45) is 0.713. The van der Waals surface area contributed by atoms with Gasteiger partial charge >= 0.3 is 0 Å². The highest BCUT2D eigenvalue weighted by Crippen LogP contribution is 2.33. The maximum atomic E-state index is 13.6. The van der Waals surface area contributed by atoms with Crippen molar-refractivity contribution in [2.75, 3.05) is 0 Å². The Bertz CT molecular complexity index is 563. The number of aryl methyl sites for hydroxylation is 2. The molecule has 0 bridgehead atoms. The van der Waals surface area contributed by atoms with Crippen molar-refractivity contribution in [3.05, 3.63) is 40.3 Å². The average Bonchev–Trinajstić information content (AvgIpc) is 2.65. The van der Waals surface area contributed by atoms with Crippen molar-refractivity contribution in [1.82, 2.24) is 4.98 Å². The number of hydrogen-bond acceptors (Lipinski definition) is 2. The molecular formula is C12H10F3NS. The van der Waals surface area contributed by atoms with E-state index >= 15 is 0 Å². The third kappa shape index (κ3) is 2.20. The van der Waals surface area contributed by atoms with E-state index in [-0.39, 0.29) is 5.56 Å². The van der Waals surface area contributed by atoms with Gasteiger partial charge in [0.1, 0.15) is 5.82 Å². The van der Waals surface area contributed by atoms with Crippen molar-refractivity contribution < 1.29 is 13.2 Å². The number of hydrogen-bond donors (Lipinski definition) is 0. The number of rotatable bonds is 2. The van der Waals surface area contributed by atoms with Crippen molar-refractivity contribution >= 4 is 11.3 Å². The quantitative estimate of drug-likeness (QED) is 0.738. The Kier molecular flexibility index (Phi) is 3.19. The summed E-state index contributed by atoms with van der Waals surface area (Å²) in [4.78, 5) is 4.70. The van der Waals surface area contributed by atoms with Crippen LogP contribution in [0.3, 0.4) is 0 Å². The fourth-order valence-electron chi connectivity index (χ4n) is 1.57. The van der Waals surface area contributed by atoms with Crippen LogP contribution in [-0.2, 0) is 6.42 Å². The zero-order valence-electron chi connectivity index (χ0n) is 9.35. The van der Waals surface area contributed by atoms with Gasteiger partial charge < -0.3 is 0 Å². The van der Waals surface area contributed by atoms with Crippen LogP contribution < -0.4 is 0 Å². The second kappa shape index (κ2) is 4.49. The van der Waals surface area contributed by atoms with Gasteiger partial charge in [-0.15, -0.1) is 11.3 Å². The Labute approximate surface area is 101 Å². The van der Waals surface area contributed by atoms with Crippen LogP contribution in [0.15, 0.2) is 12.1 Å². The number of aromatic nitrogens is 1. The van der Waals surface area contributed by atoms with Gasteiger partial charge in [-0.2, -0.15) is 0 Å². The predicted octanol–water partition coefficient (Wildman–Crippen LogP) is 4.10. The lowest BCUT2D eigenvalue weighted by atomic mass is 10.1. The SMILES string of the molecule is CCc1nc(C)c(-c2cc(F)cc(F)c2F)s1. The molecule has 0 saturated carbocycles. The van der Waals surface area contributed by atoms with Crippen molar-refractivity contribution in [3.63, 3.8) is 0 Å². The Hall–Kier alpha value is -1.36. The summed E-state index contributed by atoms with van der Waals surface area (Å²) in [5.74, 6) is -2.99. The summed E-state index contributed by atoms with van der Waals surface area (Å²) >= 11 is 1.26. The van der Waals surface area contributed by atoms with Crippen LogP contribution in [0.1, 0.15) is 17.6 Å². The first-order valence-electron chi connectivity index (χ1n) is 5.14. The van der Waals surface area contributed by atoms with Crippen molar-refractivity contribution in [3.8, 4) is 10.4 Å². The molecule has 0 aliphatic rings. The molecule has 0 N–H and O–H groups in total. The molecule has 0 aliphatic heterocycles. The fourth-order valence-corrected chi connectivity index (χ4v) is 2.59. The zero-order chi connectivity index (χ0) is 12.6. The summed E-state index contributed by atoms with van der Waals surface area (Å²) in [5, 5.41) is 0.821. The molecule has 1 aromatic carbocycles. The fraction of sp³-hybridized carbons (Fsp3) is 0.250. The molecule has 0 atom stereocenters. The second-order valence-electron chi connectivity index (χ2n) is 3.62. The summed E-state index contributed by atoms with van der Waals surface area (Å²) in [5.41, 5.74) is 0.535. The van der Waals surface area contributed by atoms with E-state index in [9.17, 15) is 13.2 Å². The molecule has 1 nitrogen and oxygen atoms in total. The molecule has 5 heteroatoms. The first-order chi connectivity index (χ1) is 8.02. The molecule has 0 unspecified atom stereocenters. The van der Waals surface area contributed by atoms with E-state index < -0.39 is 17.5 Å². The molecule has 0 radical (unpaired) electrons. The lowest BCUT2D eigenvalue weighted by Gasteiger charge is -2.02. The Morgan fingerprint density at radius 3 is 2.53 bits per heavy atom. The van der Waals surface area contributed by atoms with Gasteiger partial charge in [-0.1, -0.05) is 6.92 Å². The average molecular weight is 257 g/mol. The van der Waals surface area contributed by atoms with Crippen LogP contribution in [0.2, 0.25) is 0 Å². The van der Waals surface area contributed by atoms with E-state index in [4.69, 9.17) is 0 Å². The van der Waals surface area contributed by atoms with E-state index in [1.807, 2.05) is 6.92 Å². The lowest BCUT2D eigenvalue weighted by Crippen LogP contribution is -1.91. The third-order valence-electron chi connectivity index (χ3n) is 2.38. The zero-order valence-corrected chi connectivity index (χ0v) is 10.2. The van der Waals surface area contributed by atoms with Gasteiger partial charge in [0, 0.05) is 11.6 Å². The van der Waals surface area contributed by atoms with Gasteiger partial charge in [-0.05, 0) is 19.4 Å². The molecule has 1 aromatic heterocycles. The summed E-state index contributed by atoms with van der Waals surface area (Å²) in [6, 6.07) is 1.54. The minimum atomic E-state index is -1.18. The largest absolute Gasteiger partial charge is 0.246 e. The Morgan fingerprint density at radius 2 is 1.94 bits per heavy atom. The highest BCUT2D eigenvalue weighted by molar-refractivity contribution is 7.15. The van der Waals surface area contributed by atoms with Gasteiger partial charge in [-0.25, -0.2) is 18.2 Å². The number of benzene rings is 1. The van der Waals surface area contributed by atoms with E-state index in [1.165, 1.54) is 11.3 Å². The van der Waals surface area contributed by atoms with Crippen LogP contribution in [0.5, 0.6) is 0 Å². The third-order valence-corrected chi connectivity index (χ3v) is 3.72. The number of halogens is 3. The standard InChI is InChI=1S/C12H10F3NS/c1-3-10-16-6(2)12(17-10)8-4-7(13)5-9(14)11(8)15/h4-5H,3H2,1-2H3. The van der Waals surface area contributed by atoms with Crippen LogP contribution >= 0.6 is 11.3 Å². The second-order valence-corrected chi connectivity index (χ2v) is 4.71. The Morgan fingerprint density at radius 1 is 1.24 bits per heavy atom. The molecule has 2 aromatic rings. The van der Waals surface area contributed by atoms with E-state index in [0.717, 1.165) is 11.1 Å². The molecule has 0 fully saturated rings. The minimum Gasteiger partial charge on any atom is -0.246 e. The molecule has 1 heterocycles. The van der Waals surface area contributed by atoms with Gasteiger partial charge in [0.25, 0.3) is 0 Å². The first-order valence-corrected chi connectivity index (χ1v) is 5.95. The summed E-state index contributed by atoms with van der Waals surface area (Å²) in [7, 11) is 0. The van der Waals surface area contributed by atoms with Crippen LogP contribution in [-0.4, -0.2) is 4.98 Å². The van der Waals surface area contributed by atoms with E-state index in [0.29, 0.717) is 23.1 Å². The van der Waals surface area contributed by atoms with Gasteiger partial charge in [0.05, 0.1) is 15.6 Å². The highest BCUT2D eigenvalue weighted by Gasteiger charge is 2.17.